The fraction of sp³-hybridized carbons (Fsp3) is 0.200. The number of aromatic nitrogens is 5. The van der Waals surface area contributed by atoms with Crippen molar-refractivity contribution in [2.75, 3.05) is 31.3 Å². The monoisotopic (exact) mass is 549 g/mol. The zero-order valence-corrected chi connectivity index (χ0v) is 22.5. The minimum absolute atomic E-state index is 0.190. The lowest BCUT2D eigenvalue weighted by atomic mass is 10.1. The summed E-state index contributed by atoms with van der Waals surface area (Å²) >= 11 is 0. The molecule has 41 heavy (non-hydrogen) atoms. The fourth-order valence-electron chi connectivity index (χ4n) is 4.87. The summed E-state index contributed by atoms with van der Waals surface area (Å²) in [5, 5.41) is 14.3. The van der Waals surface area contributed by atoms with Crippen LogP contribution in [0.1, 0.15) is 16.8 Å². The zero-order chi connectivity index (χ0) is 28.2. The number of fused-ring (bicyclic) bond motifs is 1. The summed E-state index contributed by atoms with van der Waals surface area (Å²) in [4.78, 5) is 19.0. The largest absolute Gasteiger partial charge is 0.396 e. The van der Waals surface area contributed by atoms with E-state index >= 15 is 0 Å². The second-order valence-electron chi connectivity index (χ2n) is 9.95. The van der Waals surface area contributed by atoms with E-state index in [2.05, 4.69) is 37.3 Å². The van der Waals surface area contributed by atoms with E-state index in [0.29, 0.717) is 23.6 Å². The van der Waals surface area contributed by atoms with Gasteiger partial charge in [0, 0.05) is 55.2 Å². The van der Waals surface area contributed by atoms with Gasteiger partial charge in [0.05, 0.1) is 42.4 Å². The van der Waals surface area contributed by atoms with Gasteiger partial charge in [-0.25, -0.2) is 10.5 Å². The molecule has 4 heterocycles. The van der Waals surface area contributed by atoms with Gasteiger partial charge in [0.25, 0.3) is 5.56 Å². The van der Waals surface area contributed by atoms with Crippen molar-refractivity contribution in [3.05, 3.63) is 112 Å². The van der Waals surface area contributed by atoms with Crippen LogP contribution >= 0.6 is 0 Å². The average Bonchev–Trinajstić information content (AvgIpc) is 3.43. The first-order valence-electron chi connectivity index (χ1n) is 13.4. The van der Waals surface area contributed by atoms with Gasteiger partial charge < -0.3 is 10.5 Å². The van der Waals surface area contributed by atoms with Gasteiger partial charge in [0.2, 0.25) is 0 Å². The number of benzene rings is 2. The number of ether oxygens (including phenoxy) is 1. The van der Waals surface area contributed by atoms with Crippen LogP contribution in [0.5, 0.6) is 0 Å². The lowest BCUT2D eigenvalue weighted by molar-refractivity contribution is 0.0342. The van der Waals surface area contributed by atoms with Crippen molar-refractivity contribution in [2.24, 2.45) is 11.6 Å². The molecule has 5 N–H and O–H groups in total. The van der Waals surface area contributed by atoms with Crippen molar-refractivity contribution in [3.63, 3.8) is 0 Å². The summed E-state index contributed by atoms with van der Waals surface area (Å²) in [5.74, 6) is 6.35. The molecular weight excluding hydrogens is 518 g/mol. The lowest BCUT2D eigenvalue weighted by Crippen LogP contribution is -2.35. The molecule has 5 aromatic rings. The van der Waals surface area contributed by atoms with E-state index in [9.17, 15) is 4.79 Å². The van der Waals surface area contributed by atoms with Crippen molar-refractivity contribution in [2.45, 2.75) is 13.1 Å². The Hall–Kier alpha value is -4.84. The van der Waals surface area contributed by atoms with Gasteiger partial charge in [0.1, 0.15) is 5.69 Å². The van der Waals surface area contributed by atoms with E-state index in [1.165, 1.54) is 21.3 Å². The molecule has 11 heteroatoms. The van der Waals surface area contributed by atoms with Crippen LogP contribution in [0.3, 0.4) is 0 Å². The molecule has 6 rings (SSSR count). The Balaban J connectivity index is 1.20. The number of hydrazine groups is 1. The molecule has 208 valence electrons. The molecule has 1 saturated heterocycles. The third kappa shape index (κ3) is 6.02. The molecular formula is C30H31N9O2. The number of morpholine rings is 1. The van der Waals surface area contributed by atoms with E-state index in [-0.39, 0.29) is 5.56 Å². The summed E-state index contributed by atoms with van der Waals surface area (Å²) in [6.07, 6.45) is 5.05. The van der Waals surface area contributed by atoms with E-state index < -0.39 is 0 Å². The first kappa shape index (κ1) is 26.4. The second-order valence-corrected chi connectivity index (χ2v) is 9.95. The van der Waals surface area contributed by atoms with E-state index in [0.717, 1.165) is 60.6 Å². The first-order chi connectivity index (χ1) is 20.0. The minimum atomic E-state index is -0.190. The van der Waals surface area contributed by atoms with Crippen LogP contribution in [0.2, 0.25) is 0 Å². The highest BCUT2D eigenvalue weighted by molar-refractivity contribution is 5.90. The Morgan fingerprint density at radius 3 is 2.51 bits per heavy atom. The van der Waals surface area contributed by atoms with Gasteiger partial charge in [-0.3, -0.25) is 24.8 Å². The number of nitrogens with zero attached hydrogens (tertiary/aromatic N) is 6. The van der Waals surface area contributed by atoms with Crippen molar-refractivity contribution >= 4 is 22.3 Å². The van der Waals surface area contributed by atoms with E-state index in [1.807, 2.05) is 42.5 Å². The summed E-state index contributed by atoms with van der Waals surface area (Å²) in [6.45, 7) is 4.60. The maximum absolute atomic E-state index is 12.6. The molecule has 0 amide bonds. The maximum Gasteiger partial charge on any atom is 0.267 e. The number of nitrogens with one attached hydrogen (secondary N) is 1. The topological polar surface area (TPSA) is 144 Å². The summed E-state index contributed by atoms with van der Waals surface area (Å²) in [6, 6.07) is 20.9. The predicted octanol–water partition coefficient (Wildman–Crippen LogP) is 2.70. The van der Waals surface area contributed by atoms with Crippen LogP contribution < -0.4 is 22.1 Å². The third-order valence-electron chi connectivity index (χ3n) is 7.10. The fourth-order valence-corrected chi connectivity index (χ4v) is 4.87. The maximum atomic E-state index is 12.6. The van der Waals surface area contributed by atoms with Crippen molar-refractivity contribution in [1.82, 2.24) is 29.9 Å². The van der Waals surface area contributed by atoms with Gasteiger partial charge >= 0.3 is 0 Å². The molecule has 0 saturated carbocycles. The molecule has 0 aliphatic carbocycles. The number of anilines is 1. The Kier molecular flexibility index (Phi) is 7.54. The molecule has 0 unspecified atom stereocenters. The van der Waals surface area contributed by atoms with Gasteiger partial charge in [-0.15, -0.1) is 0 Å². The Bertz CT molecular complexity index is 1720. The van der Waals surface area contributed by atoms with Gasteiger partial charge in [0.15, 0.2) is 0 Å². The van der Waals surface area contributed by atoms with Crippen molar-refractivity contribution in [3.8, 4) is 11.3 Å². The predicted molar refractivity (Wildman–Crippen MR) is 158 cm³/mol. The van der Waals surface area contributed by atoms with E-state index in [4.69, 9.17) is 16.3 Å². The molecule has 1 aliphatic rings. The SMILES string of the molecule is N/C(=C\N(N)c1ccc(CN2CCOCC2)cc1)c1n[nH]c2ccc(Cn3nc(-c4ccncc4)ccc3=O)cc12. The number of pyridine rings is 1. The minimum Gasteiger partial charge on any atom is -0.396 e. The van der Waals surface area contributed by atoms with Gasteiger partial charge in [-0.05, 0) is 53.6 Å². The van der Waals surface area contributed by atoms with E-state index in [1.54, 1.807) is 24.7 Å². The van der Waals surface area contributed by atoms with Crippen molar-refractivity contribution < 1.29 is 4.74 Å². The van der Waals surface area contributed by atoms with Crippen LogP contribution in [0, 0.1) is 0 Å². The third-order valence-corrected chi connectivity index (χ3v) is 7.10. The molecule has 1 fully saturated rings. The summed E-state index contributed by atoms with van der Waals surface area (Å²) in [7, 11) is 0. The van der Waals surface area contributed by atoms with Gasteiger partial charge in [-0.1, -0.05) is 18.2 Å². The normalized spacial score (nSPS) is 14.4. The molecule has 3 aromatic heterocycles. The number of hydrogen-bond donors (Lipinski definition) is 3. The van der Waals surface area contributed by atoms with Gasteiger partial charge in [-0.2, -0.15) is 10.2 Å². The Morgan fingerprint density at radius 1 is 0.976 bits per heavy atom. The molecule has 2 aromatic carbocycles. The smallest absolute Gasteiger partial charge is 0.267 e. The molecule has 0 bridgehead atoms. The average molecular weight is 550 g/mol. The summed E-state index contributed by atoms with van der Waals surface area (Å²) in [5.41, 5.74) is 12.6. The molecule has 0 radical (unpaired) electrons. The standard InChI is InChI=1S/C30H31N9O2/c31-26(20-38(32)24-4-1-21(2-5-24)18-37-13-15-41-16-14-37)30-25-17-22(3-6-28(25)34-35-30)19-39-29(40)8-7-27(36-39)23-9-11-33-12-10-23/h1-12,17,20H,13-16,18-19,31-32H2,(H,34,35)/b26-20-. The highest BCUT2D eigenvalue weighted by atomic mass is 16.5. The number of nitrogens with two attached hydrogens (primary N) is 2. The quantitative estimate of drug-likeness (QED) is 0.197. The Labute approximate surface area is 236 Å². The van der Waals surface area contributed by atoms with Crippen LogP contribution in [0.4, 0.5) is 5.69 Å². The Morgan fingerprint density at radius 2 is 1.73 bits per heavy atom. The number of hydrogen-bond acceptors (Lipinski definition) is 9. The first-order valence-corrected chi connectivity index (χ1v) is 13.4. The van der Waals surface area contributed by atoms with Crippen LogP contribution in [0.15, 0.2) is 90.1 Å². The number of rotatable bonds is 8. The van der Waals surface area contributed by atoms with Crippen LogP contribution in [0.25, 0.3) is 27.9 Å². The highest BCUT2D eigenvalue weighted by Gasteiger charge is 2.13. The number of H-pyrrole nitrogens is 1. The van der Waals surface area contributed by atoms with Crippen LogP contribution in [-0.2, 0) is 17.8 Å². The molecule has 0 spiro atoms. The lowest BCUT2D eigenvalue weighted by Gasteiger charge is -2.26. The molecule has 11 nitrogen and oxygen atoms in total. The number of aromatic amines is 1. The summed E-state index contributed by atoms with van der Waals surface area (Å²) < 4.78 is 6.88. The van der Waals surface area contributed by atoms with Crippen molar-refractivity contribution in [1.29, 1.82) is 0 Å². The zero-order valence-electron chi connectivity index (χ0n) is 22.5. The molecule has 0 atom stereocenters. The second kappa shape index (κ2) is 11.7. The molecule has 1 aliphatic heterocycles. The highest BCUT2D eigenvalue weighted by Crippen LogP contribution is 2.23. The van der Waals surface area contributed by atoms with Crippen LogP contribution in [-0.4, -0.2) is 56.2 Å².